The Bertz CT molecular complexity index is 3130. The van der Waals surface area contributed by atoms with Gasteiger partial charge in [0.15, 0.2) is 0 Å². The fourth-order valence-corrected chi connectivity index (χ4v) is 11.2. The number of fused-ring (bicyclic) bond motifs is 2. The molecule has 0 amide bonds. The minimum absolute atomic E-state index is 0.0554. The molecule has 2 fully saturated rings. The number of rotatable bonds is 12. The Hall–Kier alpha value is -6.68. The van der Waals surface area contributed by atoms with Gasteiger partial charge in [0, 0.05) is 81.0 Å². The van der Waals surface area contributed by atoms with E-state index in [0.29, 0.717) is 51.7 Å². The Kier molecular flexibility index (Phi) is 12.6. The van der Waals surface area contributed by atoms with Crippen LogP contribution in [-0.4, -0.2) is 70.3 Å². The topological polar surface area (TPSA) is 146 Å². The summed E-state index contributed by atoms with van der Waals surface area (Å²) in [5.74, 6) is -2.36. The third-order valence-corrected chi connectivity index (χ3v) is 14.5. The highest BCUT2D eigenvalue weighted by Gasteiger charge is 2.32. The van der Waals surface area contributed by atoms with Gasteiger partial charge in [-0.2, -0.15) is 0 Å². The molecule has 2 heterocycles. The zero-order valence-corrected chi connectivity index (χ0v) is 40.7. The van der Waals surface area contributed by atoms with Crippen molar-refractivity contribution in [1.29, 1.82) is 0 Å². The van der Waals surface area contributed by atoms with Crippen molar-refractivity contribution in [3.8, 4) is 0 Å². The highest BCUT2D eigenvalue weighted by atomic mass is 16.4. The van der Waals surface area contributed by atoms with Crippen molar-refractivity contribution < 1.29 is 30.0 Å². The van der Waals surface area contributed by atoms with Crippen LogP contribution in [0.2, 0.25) is 0 Å². The second kappa shape index (κ2) is 18.4. The van der Waals surface area contributed by atoms with Crippen LogP contribution in [0.15, 0.2) is 82.8 Å². The van der Waals surface area contributed by atoms with E-state index in [-0.39, 0.29) is 52.0 Å². The van der Waals surface area contributed by atoms with E-state index < -0.39 is 11.9 Å². The first-order chi connectivity index (χ1) is 32.6. The Morgan fingerprint density at radius 1 is 0.426 bits per heavy atom. The molecule has 352 valence electrons. The van der Waals surface area contributed by atoms with Crippen LogP contribution in [-0.2, 0) is 0 Å². The molecule has 2 saturated heterocycles. The molecule has 10 heteroatoms. The van der Waals surface area contributed by atoms with Crippen molar-refractivity contribution in [2.24, 2.45) is 9.98 Å². The normalized spacial score (nSPS) is 15.5. The zero-order chi connectivity index (χ0) is 48.3. The number of para-hydroxylation sites is 2. The number of piperidine rings is 2. The average molecular weight is 913 g/mol. The van der Waals surface area contributed by atoms with E-state index in [1.165, 1.54) is 6.07 Å². The average Bonchev–Trinajstić information content (AvgIpc) is 3.32. The number of carboxylic acids is 2. The maximum atomic E-state index is 13.4. The highest BCUT2D eigenvalue weighted by Crippen LogP contribution is 2.51. The van der Waals surface area contributed by atoms with Gasteiger partial charge in [-0.05, 0) is 119 Å². The molecule has 9 rings (SSSR count). The van der Waals surface area contributed by atoms with E-state index in [9.17, 15) is 30.0 Å². The number of aliphatic hydroxyl groups is 2. The van der Waals surface area contributed by atoms with Crippen LogP contribution in [0.25, 0.3) is 43.1 Å². The summed E-state index contributed by atoms with van der Waals surface area (Å²) in [5, 5.41) is 52.5. The lowest BCUT2D eigenvalue weighted by atomic mass is 9.82. The van der Waals surface area contributed by atoms with Gasteiger partial charge in [-0.1, -0.05) is 104 Å². The molecule has 0 unspecified atom stereocenters. The van der Waals surface area contributed by atoms with Crippen molar-refractivity contribution in [3.05, 3.63) is 117 Å². The predicted molar refractivity (Wildman–Crippen MR) is 281 cm³/mol. The summed E-state index contributed by atoms with van der Waals surface area (Å²) < 4.78 is 0. The number of hydrogen-bond donors (Lipinski definition) is 4. The summed E-state index contributed by atoms with van der Waals surface area (Å²) in [6.07, 6.45) is 5.88. The Morgan fingerprint density at radius 2 is 0.779 bits per heavy atom. The first-order valence-corrected chi connectivity index (χ1v) is 24.6. The Balaban J connectivity index is 1.53. The molecule has 0 radical (unpaired) electrons. The molecule has 10 nitrogen and oxygen atoms in total. The van der Waals surface area contributed by atoms with E-state index in [4.69, 9.17) is 9.98 Å². The van der Waals surface area contributed by atoms with Gasteiger partial charge in [-0.3, -0.25) is 0 Å². The number of anilines is 2. The molecule has 2 aliphatic rings. The number of carboxylic acid groups (broad SMARTS) is 2. The third-order valence-electron chi connectivity index (χ3n) is 14.5. The monoisotopic (exact) mass is 912 g/mol. The van der Waals surface area contributed by atoms with E-state index in [0.717, 1.165) is 107 Å². The van der Waals surface area contributed by atoms with Gasteiger partial charge in [0.2, 0.25) is 11.8 Å². The van der Waals surface area contributed by atoms with E-state index in [1.54, 1.807) is 6.07 Å². The van der Waals surface area contributed by atoms with Gasteiger partial charge in [0.1, 0.15) is 0 Å². The van der Waals surface area contributed by atoms with Gasteiger partial charge in [0.25, 0.3) is 0 Å². The highest BCUT2D eigenvalue weighted by molar-refractivity contribution is 6.42. The molecule has 0 saturated carbocycles. The smallest absolute Gasteiger partial charge is 0.336 e. The molecular formula is C58H64N4O6. The van der Waals surface area contributed by atoms with Gasteiger partial charge >= 0.3 is 11.9 Å². The minimum Gasteiger partial charge on any atom is -0.493 e. The molecule has 2 aliphatic heterocycles. The number of benzene rings is 7. The molecule has 0 aliphatic carbocycles. The minimum atomic E-state index is -1.21. The molecular weight excluding hydrogens is 849 g/mol. The van der Waals surface area contributed by atoms with Crippen molar-refractivity contribution in [2.75, 3.05) is 36.0 Å². The third kappa shape index (κ3) is 7.95. The van der Waals surface area contributed by atoms with E-state index in [2.05, 4.69) is 89.5 Å². The number of nitrogens with zero attached hydrogens (tertiary/aromatic N) is 4. The van der Waals surface area contributed by atoms with Gasteiger partial charge < -0.3 is 30.2 Å². The number of aliphatic imine (C=N–C) groups is 2. The van der Waals surface area contributed by atoms with Crippen molar-refractivity contribution in [1.82, 2.24) is 0 Å². The van der Waals surface area contributed by atoms with Crippen LogP contribution >= 0.6 is 0 Å². The van der Waals surface area contributed by atoms with Crippen LogP contribution in [0, 0.1) is 0 Å². The van der Waals surface area contributed by atoms with Crippen LogP contribution in [0.4, 0.5) is 22.7 Å². The SMILES string of the molecule is CC(C)c1cccc(C(C)C)c1N=C(O)c1ccc2c3c(N4CCCCC4)cc(C(=O)O)c4c(C(=O)O)ccc(c5c(N6CCCCC6)cc(C(O)=Nc6c(C(C)C)cccc6C(C)C)c1c25)c43. The molecule has 0 bridgehead atoms. The van der Waals surface area contributed by atoms with Crippen LogP contribution in [0.1, 0.15) is 172 Å². The van der Waals surface area contributed by atoms with Crippen molar-refractivity contribution >= 4 is 89.6 Å². The summed E-state index contributed by atoms with van der Waals surface area (Å²) in [6, 6.07) is 23.2. The number of aromatic carboxylic acids is 2. The van der Waals surface area contributed by atoms with E-state index >= 15 is 0 Å². The van der Waals surface area contributed by atoms with Crippen molar-refractivity contribution in [2.45, 2.75) is 118 Å². The molecule has 4 N–H and O–H groups in total. The maximum absolute atomic E-state index is 13.4. The van der Waals surface area contributed by atoms with E-state index in [1.807, 2.05) is 36.4 Å². The summed E-state index contributed by atoms with van der Waals surface area (Å²) in [5.41, 5.74) is 7.70. The Morgan fingerprint density at radius 3 is 1.16 bits per heavy atom. The first-order valence-electron chi connectivity index (χ1n) is 24.6. The second-order valence-corrected chi connectivity index (χ2v) is 20.2. The zero-order valence-electron chi connectivity index (χ0n) is 40.7. The second-order valence-electron chi connectivity index (χ2n) is 20.2. The largest absolute Gasteiger partial charge is 0.493 e. The number of hydrogen-bond acceptors (Lipinski definition) is 6. The van der Waals surface area contributed by atoms with Gasteiger partial charge in [-0.25, -0.2) is 19.6 Å². The molecule has 0 aromatic heterocycles. The fourth-order valence-electron chi connectivity index (χ4n) is 11.2. The van der Waals surface area contributed by atoms with Crippen LogP contribution < -0.4 is 9.80 Å². The van der Waals surface area contributed by atoms with Gasteiger partial charge in [-0.15, -0.1) is 0 Å². The van der Waals surface area contributed by atoms with Gasteiger partial charge in [0.05, 0.1) is 22.5 Å². The fraction of sp³-hybridized carbons (Fsp3) is 0.379. The molecule has 0 spiro atoms. The first kappa shape index (κ1) is 46.4. The molecule has 0 atom stereocenters. The summed E-state index contributed by atoms with van der Waals surface area (Å²) in [7, 11) is 0. The lowest BCUT2D eigenvalue weighted by Crippen LogP contribution is -2.30. The van der Waals surface area contributed by atoms with Crippen LogP contribution in [0.5, 0.6) is 0 Å². The number of aliphatic hydroxyl groups excluding tert-OH is 2. The lowest BCUT2D eigenvalue weighted by Gasteiger charge is -2.34. The lowest BCUT2D eigenvalue weighted by molar-refractivity contribution is 0.0695. The predicted octanol–water partition coefficient (Wildman–Crippen LogP) is 14.9. The molecule has 7 aromatic carbocycles. The Labute approximate surface area is 399 Å². The maximum Gasteiger partial charge on any atom is 0.336 e. The van der Waals surface area contributed by atoms with Crippen LogP contribution in [0.3, 0.4) is 0 Å². The quantitative estimate of drug-likeness (QED) is 0.0410. The standard InChI is InChI=1S/C58H64N4O6/c1-31(2)35-17-15-18-36(32(3)4)53(35)59-55(63)41-23-21-39-50-46(62-27-13-10-14-28-62)30-44(58(67)68)48-42(57(65)66)24-22-40(52(48)50)49-45(61-25-11-9-12-26-61)29-43(47(41)51(39)49)56(64)60-54-37(33(5)6)19-16-20-38(54)34(7)8/h15-24,29-34H,9-14,25-28H2,1-8H3,(H,59,63)(H,60,64)(H,65,66)(H,67,68). The summed E-state index contributed by atoms with van der Waals surface area (Å²) in [4.78, 5) is 41.5. The molecule has 68 heavy (non-hydrogen) atoms. The summed E-state index contributed by atoms with van der Waals surface area (Å²) >= 11 is 0. The summed E-state index contributed by atoms with van der Waals surface area (Å²) in [6.45, 7) is 19.9. The molecule has 7 aromatic rings. The van der Waals surface area contributed by atoms with Crippen molar-refractivity contribution in [3.63, 3.8) is 0 Å². The number of carbonyl (C=O) groups is 2.